The molecule has 9 heteroatoms. The third kappa shape index (κ3) is 7.98. The van der Waals surface area contributed by atoms with Crippen molar-refractivity contribution in [1.82, 2.24) is 9.80 Å². The van der Waals surface area contributed by atoms with Crippen LogP contribution in [0.4, 0.5) is 0 Å². The van der Waals surface area contributed by atoms with E-state index in [9.17, 15) is 9.59 Å². The number of hydrogen-bond donors (Lipinski definition) is 0. The predicted molar refractivity (Wildman–Crippen MR) is 188 cm³/mol. The predicted octanol–water partition coefficient (Wildman–Crippen LogP) is 7.57. The van der Waals surface area contributed by atoms with E-state index in [1.54, 1.807) is 39.0 Å². The molecule has 0 spiro atoms. The maximum atomic E-state index is 13.8. The second kappa shape index (κ2) is 15.6. The van der Waals surface area contributed by atoms with Gasteiger partial charge in [0.1, 0.15) is 12.5 Å². The Balaban J connectivity index is 1.27. The first-order chi connectivity index (χ1) is 22.6. The van der Waals surface area contributed by atoms with Crippen LogP contribution in [0.25, 0.3) is 0 Å². The summed E-state index contributed by atoms with van der Waals surface area (Å²) in [4.78, 5) is 36.4. The number of esters is 2. The van der Waals surface area contributed by atoms with Crippen molar-refractivity contribution in [2.75, 3.05) is 45.9 Å². The van der Waals surface area contributed by atoms with E-state index in [0.29, 0.717) is 34.1 Å². The molecule has 1 saturated heterocycles. The second-order valence-electron chi connectivity index (χ2n) is 12.3. The topological polar surface area (TPSA) is 71.4 Å². The second-order valence-corrected chi connectivity index (χ2v) is 13.1. The van der Waals surface area contributed by atoms with Crippen LogP contribution in [0, 0.1) is 19.8 Å². The fourth-order valence-corrected chi connectivity index (χ4v) is 7.06. The van der Waals surface area contributed by atoms with Crippen LogP contribution in [0.5, 0.6) is 0 Å². The molecular weight excluding hydrogens is 633 g/mol. The van der Waals surface area contributed by atoms with E-state index in [2.05, 4.69) is 77.2 Å². The van der Waals surface area contributed by atoms with Crippen molar-refractivity contribution in [3.8, 4) is 0 Å². The fourth-order valence-electron chi connectivity index (χ4n) is 6.64. The summed E-state index contributed by atoms with van der Waals surface area (Å²) in [7, 11) is 0. The smallest absolute Gasteiger partial charge is 0.336 e. The molecule has 2 heterocycles. The van der Waals surface area contributed by atoms with E-state index in [4.69, 9.17) is 32.7 Å². The molecule has 2 unspecified atom stereocenters. The standard InChI is InChI=1S/C38H43Cl2N3O4/c1-6-46-37(44)32-26(4)41-27(5)33(34(32)30-8-7-9-31(39)35(30)40)38(45)47-23-22-42-18-20-43(21-19-42)36(28-14-10-24(2)11-15-28)29-16-12-25(3)13-17-29/h7-17,32,34,36H,6,18-23H2,1-5H3. The SMILES string of the molecule is CCOC(=O)C1C(C)=NC(C)=C(C(=O)OCCN2CCN(C(c3ccc(C)cc3)c3ccc(C)cc3)CC2)C1c1cccc(Cl)c1Cl. The van der Waals surface area contributed by atoms with Crippen molar-refractivity contribution in [3.63, 3.8) is 0 Å². The zero-order valence-electron chi connectivity index (χ0n) is 27.8. The molecule has 1 fully saturated rings. The van der Waals surface area contributed by atoms with Crippen molar-refractivity contribution >= 4 is 40.9 Å². The van der Waals surface area contributed by atoms with Crippen molar-refractivity contribution < 1.29 is 19.1 Å². The molecule has 3 aromatic carbocycles. The third-order valence-corrected chi connectivity index (χ3v) is 9.94. The zero-order chi connectivity index (χ0) is 33.7. The summed E-state index contributed by atoms with van der Waals surface area (Å²) in [6.45, 7) is 14.0. The van der Waals surface area contributed by atoms with E-state index in [1.807, 2.05) is 0 Å². The van der Waals surface area contributed by atoms with Crippen LogP contribution in [0.2, 0.25) is 10.0 Å². The Hall–Kier alpha value is -3.49. The van der Waals surface area contributed by atoms with Gasteiger partial charge in [-0.1, -0.05) is 95.0 Å². The minimum atomic E-state index is -0.833. The maximum absolute atomic E-state index is 13.8. The van der Waals surface area contributed by atoms with Gasteiger partial charge in [-0.15, -0.1) is 0 Å². The van der Waals surface area contributed by atoms with Crippen LogP contribution in [0.3, 0.4) is 0 Å². The number of nitrogens with zero attached hydrogens (tertiary/aromatic N) is 3. The molecule has 5 rings (SSSR count). The highest BCUT2D eigenvalue weighted by Gasteiger charge is 2.43. The van der Waals surface area contributed by atoms with E-state index in [-0.39, 0.29) is 24.3 Å². The van der Waals surface area contributed by atoms with Gasteiger partial charge < -0.3 is 9.47 Å². The summed E-state index contributed by atoms with van der Waals surface area (Å²) in [5.74, 6) is -2.57. The molecule has 248 valence electrons. The van der Waals surface area contributed by atoms with Crippen LogP contribution >= 0.6 is 23.2 Å². The van der Waals surface area contributed by atoms with Gasteiger partial charge in [0.2, 0.25) is 0 Å². The van der Waals surface area contributed by atoms with Gasteiger partial charge in [0.25, 0.3) is 0 Å². The molecule has 0 saturated carbocycles. The van der Waals surface area contributed by atoms with E-state index >= 15 is 0 Å². The number of ether oxygens (including phenoxy) is 2. The number of hydrogen-bond acceptors (Lipinski definition) is 7. The van der Waals surface area contributed by atoms with E-state index < -0.39 is 23.8 Å². The Labute approximate surface area is 288 Å². The lowest BCUT2D eigenvalue weighted by Crippen LogP contribution is -2.48. The summed E-state index contributed by atoms with van der Waals surface area (Å²) in [5.41, 5.74) is 6.95. The molecule has 0 bridgehead atoms. The summed E-state index contributed by atoms with van der Waals surface area (Å²) in [6, 6.07) is 23.0. The Morgan fingerprint density at radius 1 is 0.851 bits per heavy atom. The fraction of sp³-hybridized carbons (Fsp3) is 0.395. The molecule has 0 radical (unpaired) electrons. The van der Waals surface area contributed by atoms with Crippen molar-refractivity contribution in [2.24, 2.45) is 10.9 Å². The van der Waals surface area contributed by atoms with Crippen LogP contribution in [-0.4, -0.2) is 73.4 Å². The summed E-state index contributed by atoms with van der Waals surface area (Å²) < 4.78 is 11.3. The molecule has 0 aliphatic carbocycles. The number of carbonyl (C=O) groups excluding carboxylic acids is 2. The van der Waals surface area contributed by atoms with Crippen LogP contribution < -0.4 is 0 Å². The van der Waals surface area contributed by atoms with Gasteiger partial charge >= 0.3 is 11.9 Å². The normalized spacial score (nSPS) is 19.1. The highest BCUT2D eigenvalue weighted by atomic mass is 35.5. The minimum Gasteiger partial charge on any atom is -0.465 e. The number of rotatable bonds is 10. The molecule has 3 aromatic rings. The average molecular weight is 677 g/mol. The first-order valence-electron chi connectivity index (χ1n) is 16.2. The molecule has 2 aliphatic rings. The third-order valence-electron chi connectivity index (χ3n) is 9.10. The lowest BCUT2D eigenvalue weighted by molar-refractivity contribution is -0.146. The first kappa shape index (κ1) is 34.8. The van der Waals surface area contributed by atoms with Gasteiger partial charge in [-0.2, -0.15) is 0 Å². The largest absolute Gasteiger partial charge is 0.465 e. The summed E-state index contributed by atoms with van der Waals surface area (Å²) in [5, 5.41) is 0.622. The van der Waals surface area contributed by atoms with Gasteiger partial charge in [-0.25, -0.2) is 4.79 Å². The van der Waals surface area contributed by atoms with Crippen LogP contribution in [0.1, 0.15) is 60.5 Å². The number of aliphatic imine (C=N–C) groups is 1. The number of carbonyl (C=O) groups is 2. The van der Waals surface area contributed by atoms with Crippen molar-refractivity contribution in [3.05, 3.63) is 116 Å². The van der Waals surface area contributed by atoms with Gasteiger partial charge in [-0.05, 0) is 57.4 Å². The van der Waals surface area contributed by atoms with Gasteiger partial charge in [0.15, 0.2) is 0 Å². The molecule has 0 aromatic heterocycles. The molecule has 0 amide bonds. The highest BCUT2D eigenvalue weighted by Crippen LogP contribution is 2.44. The quantitative estimate of drug-likeness (QED) is 0.207. The molecule has 2 atom stereocenters. The van der Waals surface area contributed by atoms with Crippen LogP contribution in [-0.2, 0) is 19.1 Å². The Morgan fingerprint density at radius 3 is 2.02 bits per heavy atom. The number of benzene rings is 3. The summed E-state index contributed by atoms with van der Waals surface area (Å²) >= 11 is 13.0. The number of piperazine rings is 1. The molecule has 7 nitrogen and oxygen atoms in total. The van der Waals surface area contributed by atoms with Crippen LogP contribution in [0.15, 0.2) is 83.0 Å². The summed E-state index contributed by atoms with van der Waals surface area (Å²) in [6.07, 6.45) is 0. The Bertz CT molecular complexity index is 1600. The lowest BCUT2D eigenvalue weighted by atomic mass is 9.75. The van der Waals surface area contributed by atoms with Gasteiger partial charge in [0.05, 0.1) is 28.3 Å². The van der Waals surface area contributed by atoms with E-state index in [0.717, 1.165) is 26.2 Å². The molecule has 0 N–H and O–H groups in total. The number of aryl methyl sites for hydroxylation is 2. The molecule has 2 aliphatic heterocycles. The first-order valence-corrected chi connectivity index (χ1v) is 17.0. The number of halogens is 2. The monoisotopic (exact) mass is 675 g/mol. The maximum Gasteiger partial charge on any atom is 0.336 e. The minimum absolute atomic E-state index is 0.170. The molecular formula is C38H43Cl2N3O4. The lowest BCUT2D eigenvalue weighted by Gasteiger charge is -2.39. The zero-order valence-corrected chi connectivity index (χ0v) is 29.3. The van der Waals surface area contributed by atoms with Gasteiger partial charge in [-0.3, -0.25) is 19.6 Å². The van der Waals surface area contributed by atoms with E-state index in [1.165, 1.54) is 22.3 Å². The van der Waals surface area contributed by atoms with Crippen molar-refractivity contribution in [2.45, 2.75) is 46.6 Å². The number of allylic oxidation sites excluding steroid dienone is 1. The highest BCUT2D eigenvalue weighted by molar-refractivity contribution is 6.42. The Morgan fingerprint density at radius 2 is 1.45 bits per heavy atom. The Kier molecular flexibility index (Phi) is 11.6. The molecule has 47 heavy (non-hydrogen) atoms. The van der Waals surface area contributed by atoms with Crippen molar-refractivity contribution in [1.29, 1.82) is 0 Å². The average Bonchev–Trinajstić information content (AvgIpc) is 3.04. The van der Waals surface area contributed by atoms with Gasteiger partial charge in [0, 0.05) is 50.1 Å².